The Morgan fingerprint density at radius 3 is 3.05 bits per heavy atom. The second kappa shape index (κ2) is 7.19. The summed E-state index contributed by atoms with van der Waals surface area (Å²) in [6, 6.07) is 8.91. The number of ketones is 1. The van der Waals surface area contributed by atoms with Crippen LogP contribution in [0, 0.1) is 0 Å². The number of hydrogen-bond donors (Lipinski definition) is 1. The standard InChI is InChI=1S/C18H25NO2/c20-16(9-8-15-6-3-4-11-19-15)13-18-17-7-2-1-5-14(17)10-12-21-18/h1-2,5,7,15,18-19H,3-4,6,8-13H2. The smallest absolute Gasteiger partial charge is 0.135 e. The number of carbonyl (C=O) groups excluding carboxylic acids is 1. The molecule has 21 heavy (non-hydrogen) atoms. The molecule has 1 aromatic rings. The maximum absolute atomic E-state index is 12.3. The Balaban J connectivity index is 1.51. The van der Waals surface area contributed by atoms with Crippen LogP contribution in [-0.2, 0) is 16.0 Å². The average Bonchev–Trinajstić information content (AvgIpc) is 2.54. The first-order valence-electron chi connectivity index (χ1n) is 8.27. The lowest BCUT2D eigenvalue weighted by Crippen LogP contribution is -2.34. The molecular formula is C18H25NO2. The van der Waals surface area contributed by atoms with Gasteiger partial charge in [0.2, 0.25) is 0 Å². The van der Waals surface area contributed by atoms with E-state index in [1.54, 1.807) is 0 Å². The molecule has 0 aromatic heterocycles. The molecule has 0 bridgehead atoms. The lowest BCUT2D eigenvalue weighted by atomic mass is 9.92. The maximum atomic E-state index is 12.3. The van der Waals surface area contributed by atoms with Crippen molar-refractivity contribution in [3.63, 3.8) is 0 Å². The van der Waals surface area contributed by atoms with Crippen LogP contribution >= 0.6 is 0 Å². The van der Waals surface area contributed by atoms with Gasteiger partial charge < -0.3 is 10.1 Å². The topological polar surface area (TPSA) is 38.3 Å². The molecule has 3 nitrogen and oxygen atoms in total. The van der Waals surface area contributed by atoms with E-state index in [1.807, 2.05) is 6.07 Å². The molecule has 1 fully saturated rings. The highest BCUT2D eigenvalue weighted by Gasteiger charge is 2.23. The van der Waals surface area contributed by atoms with Crippen molar-refractivity contribution in [3.05, 3.63) is 35.4 Å². The Morgan fingerprint density at radius 2 is 2.19 bits per heavy atom. The highest BCUT2D eigenvalue weighted by molar-refractivity contribution is 5.79. The molecule has 0 spiro atoms. The van der Waals surface area contributed by atoms with Gasteiger partial charge in [0, 0.05) is 18.9 Å². The van der Waals surface area contributed by atoms with Crippen molar-refractivity contribution in [2.75, 3.05) is 13.2 Å². The molecule has 2 atom stereocenters. The van der Waals surface area contributed by atoms with Crippen molar-refractivity contribution >= 4 is 5.78 Å². The molecule has 114 valence electrons. The Labute approximate surface area is 127 Å². The van der Waals surface area contributed by atoms with Crippen LogP contribution < -0.4 is 5.32 Å². The second-order valence-electron chi connectivity index (χ2n) is 6.24. The largest absolute Gasteiger partial charge is 0.373 e. The summed E-state index contributed by atoms with van der Waals surface area (Å²) in [5, 5.41) is 3.51. The first kappa shape index (κ1) is 14.7. The van der Waals surface area contributed by atoms with Crippen LogP contribution in [0.15, 0.2) is 24.3 Å². The lowest BCUT2D eigenvalue weighted by Gasteiger charge is -2.26. The summed E-state index contributed by atoms with van der Waals surface area (Å²) in [5.74, 6) is 0.337. The normalized spacial score (nSPS) is 25.3. The van der Waals surface area contributed by atoms with Crippen molar-refractivity contribution in [2.24, 2.45) is 0 Å². The molecule has 1 N–H and O–H groups in total. The molecule has 1 saturated heterocycles. The van der Waals surface area contributed by atoms with E-state index in [1.165, 1.54) is 30.4 Å². The number of fused-ring (bicyclic) bond motifs is 1. The molecule has 0 aliphatic carbocycles. The summed E-state index contributed by atoms with van der Waals surface area (Å²) in [5.41, 5.74) is 2.56. The molecule has 1 aromatic carbocycles. The van der Waals surface area contributed by atoms with E-state index in [9.17, 15) is 4.79 Å². The minimum atomic E-state index is -0.0261. The van der Waals surface area contributed by atoms with Crippen molar-refractivity contribution < 1.29 is 9.53 Å². The molecule has 0 saturated carbocycles. The number of rotatable bonds is 5. The lowest BCUT2D eigenvalue weighted by molar-refractivity contribution is -0.122. The molecular weight excluding hydrogens is 262 g/mol. The Hall–Kier alpha value is -1.19. The van der Waals surface area contributed by atoms with Gasteiger partial charge >= 0.3 is 0 Å². The number of carbonyl (C=O) groups is 1. The maximum Gasteiger partial charge on any atom is 0.135 e. The highest BCUT2D eigenvalue weighted by Crippen LogP contribution is 2.30. The number of ether oxygens (including phenoxy) is 1. The highest BCUT2D eigenvalue weighted by atomic mass is 16.5. The fourth-order valence-corrected chi connectivity index (χ4v) is 3.46. The van der Waals surface area contributed by atoms with Gasteiger partial charge in [-0.1, -0.05) is 30.7 Å². The van der Waals surface area contributed by atoms with E-state index in [2.05, 4.69) is 23.5 Å². The van der Waals surface area contributed by atoms with Crippen LogP contribution in [0.5, 0.6) is 0 Å². The van der Waals surface area contributed by atoms with Gasteiger partial charge in [0.05, 0.1) is 12.7 Å². The quantitative estimate of drug-likeness (QED) is 0.904. The van der Waals surface area contributed by atoms with Crippen LogP contribution in [0.25, 0.3) is 0 Å². The Kier molecular flexibility index (Phi) is 5.04. The molecule has 2 heterocycles. The van der Waals surface area contributed by atoms with E-state index in [0.29, 0.717) is 24.7 Å². The zero-order chi connectivity index (χ0) is 14.5. The summed E-state index contributed by atoms with van der Waals surface area (Å²) in [4.78, 5) is 12.3. The zero-order valence-electron chi connectivity index (χ0n) is 12.6. The summed E-state index contributed by atoms with van der Waals surface area (Å²) >= 11 is 0. The van der Waals surface area contributed by atoms with Crippen LogP contribution in [-0.4, -0.2) is 25.0 Å². The van der Waals surface area contributed by atoms with Gasteiger partial charge in [-0.2, -0.15) is 0 Å². The van der Waals surface area contributed by atoms with Crippen molar-refractivity contribution in [1.82, 2.24) is 5.32 Å². The van der Waals surface area contributed by atoms with E-state index in [4.69, 9.17) is 4.74 Å². The van der Waals surface area contributed by atoms with Gasteiger partial charge in [-0.3, -0.25) is 4.79 Å². The van der Waals surface area contributed by atoms with Crippen molar-refractivity contribution in [1.29, 1.82) is 0 Å². The Morgan fingerprint density at radius 1 is 1.29 bits per heavy atom. The van der Waals surface area contributed by atoms with Crippen LogP contribution in [0.1, 0.15) is 55.8 Å². The number of Topliss-reactive ketones (excluding diaryl/α,β-unsaturated/α-hetero) is 1. The fourth-order valence-electron chi connectivity index (χ4n) is 3.46. The van der Waals surface area contributed by atoms with E-state index < -0.39 is 0 Å². The Bertz CT molecular complexity index is 480. The summed E-state index contributed by atoms with van der Waals surface area (Å²) in [6.45, 7) is 1.84. The van der Waals surface area contributed by atoms with Gasteiger partial charge in [-0.15, -0.1) is 0 Å². The third-order valence-electron chi connectivity index (χ3n) is 4.69. The van der Waals surface area contributed by atoms with Gasteiger partial charge in [0.25, 0.3) is 0 Å². The predicted molar refractivity (Wildman–Crippen MR) is 83.3 cm³/mol. The average molecular weight is 287 g/mol. The first-order valence-corrected chi connectivity index (χ1v) is 8.27. The monoisotopic (exact) mass is 287 g/mol. The minimum Gasteiger partial charge on any atom is -0.373 e. The predicted octanol–water partition coefficient (Wildman–Crippen LogP) is 3.18. The molecule has 3 heteroatoms. The van der Waals surface area contributed by atoms with Crippen LogP contribution in [0.4, 0.5) is 0 Å². The van der Waals surface area contributed by atoms with Gasteiger partial charge in [0.1, 0.15) is 5.78 Å². The molecule has 3 rings (SSSR count). The molecule has 2 aliphatic heterocycles. The third-order valence-corrected chi connectivity index (χ3v) is 4.69. The van der Waals surface area contributed by atoms with Crippen molar-refractivity contribution in [2.45, 2.75) is 57.1 Å². The SMILES string of the molecule is O=C(CCC1CCCCN1)CC1OCCc2ccccc21. The third kappa shape index (κ3) is 3.92. The number of benzene rings is 1. The molecule has 2 unspecified atom stereocenters. The number of hydrogen-bond acceptors (Lipinski definition) is 3. The summed E-state index contributed by atoms with van der Waals surface area (Å²) < 4.78 is 5.83. The fraction of sp³-hybridized carbons (Fsp3) is 0.611. The van der Waals surface area contributed by atoms with Gasteiger partial charge in [-0.05, 0) is 43.4 Å². The minimum absolute atomic E-state index is 0.0261. The first-order chi connectivity index (χ1) is 10.3. The van der Waals surface area contributed by atoms with E-state index >= 15 is 0 Å². The number of nitrogens with one attached hydrogen (secondary N) is 1. The molecule has 0 radical (unpaired) electrons. The molecule has 2 aliphatic rings. The number of piperidine rings is 1. The van der Waals surface area contributed by atoms with Crippen LogP contribution in [0.2, 0.25) is 0 Å². The summed E-state index contributed by atoms with van der Waals surface area (Å²) in [7, 11) is 0. The molecule has 0 amide bonds. The van der Waals surface area contributed by atoms with Crippen molar-refractivity contribution in [3.8, 4) is 0 Å². The van der Waals surface area contributed by atoms with E-state index in [0.717, 1.165) is 26.0 Å². The van der Waals surface area contributed by atoms with E-state index in [-0.39, 0.29) is 6.10 Å². The van der Waals surface area contributed by atoms with Gasteiger partial charge in [-0.25, -0.2) is 0 Å². The zero-order valence-corrected chi connectivity index (χ0v) is 12.6. The van der Waals surface area contributed by atoms with Crippen LogP contribution in [0.3, 0.4) is 0 Å². The van der Waals surface area contributed by atoms with Gasteiger partial charge in [0.15, 0.2) is 0 Å². The second-order valence-corrected chi connectivity index (χ2v) is 6.24. The summed E-state index contributed by atoms with van der Waals surface area (Å²) in [6.07, 6.45) is 6.92.